The molecule has 2 N–H and O–H groups in total. The van der Waals surface area contributed by atoms with Crippen molar-refractivity contribution in [2.24, 2.45) is 0 Å². The molecule has 120 valence electrons. The van der Waals surface area contributed by atoms with Crippen LogP contribution in [0.1, 0.15) is 17.5 Å². The van der Waals surface area contributed by atoms with Gasteiger partial charge in [0, 0.05) is 41.8 Å². The van der Waals surface area contributed by atoms with E-state index in [0.717, 1.165) is 31.1 Å². The Hall–Kier alpha value is -1.81. The molecule has 0 saturated heterocycles. The summed E-state index contributed by atoms with van der Waals surface area (Å²) >= 11 is 6.09. The average Bonchev–Trinajstić information content (AvgIpc) is 2.90. The number of para-hydroxylation sites is 1. The second kappa shape index (κ2) is 7.64. The molecule has 0 saturated carbocycles. The highest BCUT2D eigenvalue weighted by atomic mass is 35.5. The summed E-state index contributed by atoms with van der Waals surface area (Å²) in [6.07, 6.45) is 2.98. The quantitative estimate of drug-likeness (QED) is 0.647. The summed E-state index contributed by atoms with van der Waals surface area (Å²) in [4.78, 5) is 0. The minimum absolute atomic E-state index is 0.226. The molecule has 0 aliphatic heterocycles. The fourth-order valence-corrected chi connectivity index (χ4v) is 3.07. The molecule has 0 fully saturated rings. The molecule has 0 bridgehead atoms. The first-order valence-electron chi connectivity index (χ1n) is 7.90. The lowest BCUT2D eigenvalue weighted by molar-refractivity contribution is 0.286. The number of nitrogens with zero attached hydrogens (tertiary/aromatic N) is 1. The predicted molar refractivity (Wildman–Crippen MR) is 95.9 cm³/mol. The van der Waals surface area contributed by atoms with Crippen LogP contribution < -0.4 is 5.32 Å². The normalized spacial score (nSPS) is 11.2. The number of hydrogen-bond acceptors (Lipinski definition) is 2. The minimum atomic E-state index is 0.226. The molecule has 1 aromatic heterocycles. The summed E-state index contributed by atoms with van der Waals surface area (Å²) in [6, 6.07) is 16.4. The fraction of sp³-hybridized carbons (Fsp3) is 0.263. The highest BCUT2D eigenvalue weighted by Gasteiger charge is 2.08. The van der Waals surface area contributed by atoms with Gasteiger partial charge in [-0.3, -0.25) is 0 Å². The number of halogens is 1. The third kappa shape index (κ3) is 3.94. The molecule has 4 heteroatoms. The van der Waals surface area contributed by atoms with E-state index < -0.39 is 0 Å². The minimum Gasteiger partial charge on any atom is -0.396 e. The van der Waals surface area contributed by atoms with Gasteiger partial charge in [-0.15, -0.1) is 0 Å². The maximum atomic E-state index is 8.87. The molecule has 0 spiro atoms. The van der Waals surface area contributed by atoms with E-state index in [4.69, 9.17) is 16.7 Å². The molecule has 3 aromatic rings. The molecule has 3 rings (SSSR count). The maximum absolute atomic E-state index is 8.87. The lowest BCUT2D eigenvalue weighted by Gasteiger charge is -2.06. The summed E-state index contributed by atoms with van der Waals surface area (Å²) in [7, 11) is 0. The Bertz CT molecular complexity index is 782. The zero-order valence-electron chi connectivity index (χ0n) is 13.0. The Labute approximate surface area is 141 Å². The Morgan fingerprint density at radius 2 is 1.96 bits per heavy atom. The number of nitrogens with one attached hydrogen (secondary N) is 1. The van der Waals surface area contributed by atoms with Crippen LogP contribution in [0.4, 0.5) is 0 Å². The monoisotopic (exact) mass is 328 g/mol. The van der Waals surface area contributed by atoms with Gasteiger partial charge in [-0.1, -0.05) is 41.9 Å². The fourth-order valence-electron chi connectivity index (χ4n) is 2.85. The van der Waals surface area contributed by atoms with Gasteiger partial charge in [0.25, 0.3) is 0 Å². The summed E-state index contributed by atoms with van der Waals surface area (Å²) in [5, 5.41) is 14.3. The van der Waals surface area contributed by atoms with Crippen LogP contribution in [0.15, 0.2) is 54.7 Å². The molecule has 0 unspecified atom stereocenters. The lowest BCUT2D eigenvalue weighted by atomic mass is 10.2. The molecule has 3 nitrogen and oxygen atoms in total. The van der Waals surface area contributed by atoms with Gasteiger partial charge in [-0.2, -0.15) is 0 Å². The van der Waals surface area contributed by atoms with Crippen LogP contribution >= 0.6 is 11.6 Å². The molecule has 0 atom stereocenters. The van der Waals surface area contributed by atoms with Crippen molar-refractivity contribution in [1.82, 2.24) is 9.88 Å². The van der Waals surface area contributed by atoms with E-state index in [0.29, 0.717) is 0 Å². The molecule has 0 aliphatic rings. The number of benzene rings is 2. The van der Waals surface area contributed by atoms with Crippen LogP contribution in [-0.2, 0) is 13.1 Å². The van der Waals surface area contributed by atoms with Crippen molar-refractivity contribution >= 4 is 22.5 Å². The molecular weight excluding hydrogens is 308 g/mol. The predicted octanol–water partition coefficient (Wildman–Crippen LogP) is 3.82. The maximum Gasteiger partial charge on any atom is 0.0486 e. The topological polar surface area (TPSA) is 37.2 Å². The van der Waals surface area contributed by atoms with E-state index in [-0.39, 0.29) is 6.61 Å². The number of aliphatic hydroxyl groups excluding tert-OH is 1. The zero-order chi connectivity index (χ0) is 16.1. The SMILES string of the molecule is OCCCNCc1cn(Cc2cccc(Cl)c2)c2ccccc12. The van der Waals surface area contributed by atoms with Gasteiger partial charge in [-0.25, -0.2) is 0 Å². The van der Waals surface area contributed by atoms with Gasteiger partial charge in [0.1, 0.15) is 0 Å². The van der Waals surface area contributed by atoms with E-state index in [1.807, 2.05) is 18.2 Å². The largest absolute Gasteiger partial charge is 0.396 e. The Kier molecular flexibility index (Phi) is 5.34. The van der Waals surface area contributed by atoms with Gasteiger partial charge in [0.2, 0.25) is 0 Å². The Morgan fingerprint density at radius 1 is 1.09 bits per heavy atom. The first-order valence-corrected chi connectivity index (χ1v) is 8.28. The second-order valence-corrected chi connectivity index (χ2v) is 6.12. The van der Waals surface area contributed by atoms with Crippen molar-refractivity contribution in [1.29, 1.82) is 0 Å². The number of aromatic nitrogens is 1. The van der Waals surface area contributed by atoms with Gasteiger partial charge in [-0.05, 0) is 42.3 Å². The summed E-state index contributed by atoms with van der Waals surface area (Å²) in [5.41, 5.74) is 3.70. The van der Waals surface area contributed by atoms with Gasteiger partial charge >= 0.3 is 0 Å². The van der Waals surface area contributed by atoms with Crippen LogP contribution in [0.5, 0.6) is 0 Å². The smallest absolute Gasteiger partial charge is 0.0486 e. The number of fused-ring (bicyclic) bond motifs is 1. The van der Waals surface area contributed by atoms with Crippen molar-refractivity contribution in [2.75, 3.05) is 13.2 Å². The first-order chi connectivity index (χ1) is 11.3. The average molecular weight is 329 g/mol. The second-order valence-electron chi connectivity index (χ2n) is 5.68. The highest BCUT2D eigenvalue weighted by Crippen LogP contribution is 2.23. The van der Waals surface area contributed by atoms with E-state index in [9.17, 15) is 0 Å². The van der Waals surface area contributed by atoms with Crippen molar-refractivity contribution < 1.29 is 5.11 Å². The van der Waals surface area contributed by atoms with E-state index in [1.165, 1.54) is 22.0 Å². The van der Waals surface area contributed by atoms with E-state index >= 15 is 0 Å². The first kappa shape index (κ1) is 16.1. The Balaban J connectivity index is 1.85. The molecule has 0 radical (unpaired) electrons. The van der Waals surface area contributed by atoms with Crippen LogP contribution in [0.3, 0.4) is 0 Å². The van der Waals surface area contributed by atoms with Crippen molar-refractivity contribution in [3.8, 4) is 0 Å². The Morgan fingerprint density at radius 3 is 2.78 bits per heavy atom. The lowest BCUT2D eigenvalue weighted by Crippen LogP contribution is -2.15. The number of hydrogen-bond donors (Lipinski definition) is 2. The van der Waals surface area contributed by atoms with Crippen LogP contribution in [0.25, 0.3) is 10.9 Å². The molecule has 1 heterocycles. The van der Waals surface area contributed by atoms with Gasteiger partial charge in [0.05, 0.1) is 0 Å². The van der Waals surface area contributed by atoms with Gasteiger partial charge in [0.15, 0.2) is 0 Å². The summed E-state index contributed by atoms with van der Waals surface area (Å²) in [6.45, 7) is 2.66. The molecule has 23 heavy (non-hydrogen) atoms. The van der Waals surface area contributed by atoms with Crippen molar-refractivity contribution in [3.05, 3.63) is 70.9 Å². The van der Waals surface area contributed by atoms with Crippen LogP contribution in [0.2, 0.25) is 5.02 Å². The standard InChI is InChI=1S/C19H21ClN2O/c20-17-6-3-5-15(11-17)13-22-14-16(12-21-9-4-10-23)18-7-1-2-8-19(18)22/h1-3,5-8,11,14,21,23H,4,9-10,12-13H2. The third-order valence-electron chi connectivity index (χ3n) is 3.94. The highest BCUT2D eigenvalue weighted by molar-refractivity contribution is 6.30. The third-order valence-corrected chi connectivity index (χ3v) is 4.18. The molecule has 0 aliphatic carbocycles. The molecule has 0 amide bonds. The van der Waals surface area contributed by atoms with E-state index in [1.54, 1.807) is 0 Å². The van der Waals surface area contributed by atoms with Crippen LogP contribution in [-0.4, -0.2) is 22.8 Å². The summed E-state index contributed by atoms with van der Waals surface area (Å²) < 4.78 is 2.27. The molecule has 2 aromatic carbocycles. The van der Waals surface area contributed by atoms with Gasteiger partial charge < -0.3 is 15.0 Å². The van der Waals surface area contributed by atoms with E-state index in [2.05, 4.69) is 46.4 Å². The van der Waals surface area contributed by atoms with Crippen LogP contribution in [0, 0.1) is 0 Å². The van der Waals surface area contributed by atoms with Crippen molar-refractivity contribution in [3.63, 3.8) is 0 Å². The summed E-state index contributed by atoms with van der Waals surface area (Å²) in [5.74, 6) is 0. The number of aliphatic hydroxyl groups is 1. The number of rotatable bonds is 7. The molecular formula is C19H21ClN2O. The van der Waals surface area contributed by atoms with Crippen molar-refractivity contribution in [2.45, 2.75) is 19.5 Å². The zero-order valence-corrected chi connectivity index (χ0v) is 13.8.